The van der Waals surface area contributed by atoms with Crippen LogP contribution >= 0.6 is 0 Å². The van der Waals surface area contributed by atoms with Gasteiger partial charge >= 0.3 is 59.1 Å². The van der Waals surface area contributed by atoms with Crippen molar-refractivity contribution in [2.24, 2.45) is 0 Å². The van der Waals surface area contributed by atoms with Gasteiger partial charge in [0.25, 0.3) is 0 Å². The van der Waals surface area contributed by atoms with Crippen LogP contribution in [0.2, 0.25) is 0 Å². The van der Waals surface area contributed by atoms with Crippen LogP contribution in [-0.4, -0.2) is 11.9 Å². The van der Waals surface area contributed by atoms with Crippen molar-refractivity contribution in [2.45, 2.75) is 57.8 Å². The zero-order valence-electron chi connectivity index (χ0n) is 11.0. The Bertz CT molecular complexity index is 178. The number of hydrogen-bond acceptors (Lipinski definition) is 4. The molecule has 0 fully saturated rings. The van der Waals surface area contributed by atoms with Crippen LogP contribution in [0.3, 0.4) is 0 Å². The van der Waals surface area contributed by atoms with Gasteiger partial charge in [0.15, 0.2) is 0 Å². The van der Waals surface area contributed by atoms with Gasteiger partial charge in [0.05, 0.1) is 0 Å². The quantitative estimate of drug-likeness (QED) is 0.289. The van der Waals surface area contributed by atoms with Crippen molar-refractivity contribution in [3.8, 4) is 0 Å². The largest absolute Gasteiger partial charge is 1.00 e. The van der Waals surface area contributed by atoms with Crippen molar-refractivity contribution < 1.29 is 78.9 Å². The molecule has 0 saturated heterocycles. The van der Waals surface area contributed by atoms with Crippen molar-refractivity contribution >= 4 is 11.9 Å². The number of carboxylic acids is 2. The van der Waals surface area contributed by atoms with Gasteiger partial charge in [-0.2, -0.15) is 0 Å². The topological polar surface area (TPSA) is 80.3 Å². The zero-order chi connectivity index (χ0) is 11.5. The van der Waals surface area contributed by atoms with Gasteiger partial charge in [0.1, 0.15) is 0 Å². The van der Waals surface area contributed by atoms with Crippen LogP contribution in [0.5, 0.6) is 0 Å². The first kappa shape index (κ1) is 23.1. The van der Waals surface area contributed by atoms with E-state index in [1.54, 1.807) is 0 Å². The molecule has 4 nitrogen and oxygen atoms in total. The summed E-state index contributed by atoms with van der Waals surface area (Å²) >= 11 is 0. The Balaban J connectivity index is -0.000000980. The number of rotatable bonds is 10. The fourth-order valence-electron chi connectivity index (χ4n) is 1.42. The summed E-state index contributed by atoms with van der Waals surface area (Å²) in [6, 6.07) is 0. The Morgan fingerprint density at radius 3 is 1.06 bits per heavy atom. The second kappa shape index (κ2) is 16.9. The maximum atomic E-state index is 10.1. The van der Waals surface area contributed by atoms with E-state index < -0.39 is 11.9 Å². The van der Waals surface area contributed by atoms with Gasteiger partial charge < -0.3 is 19.8 Å². The molecule has 0 unspecified atom stereocenters. The molecule has 0 heterocycles. The summed E-state index contributed by atoms with van der Waals surface area (Å²) in [5.74, 6) is -1.96. The number of hydrogen-bond donors (Lipinski definition) is 0. The van der Waals surface area contributed by atoms with Crippen molar-refractivity contribution in [3.63, 3.8) is 0 Å². The summed E-state index contributed by atoms with van der Waals surface area (Å²) in [6.45, 7) is 0. The molecule has 0 rings (SSSR count). The van der Waals surface area contributed by atoms with Crippen LogP contribution in [-0.2, 0) is 9.59 Å². The van der Waals surface area contributed by atoms with Crippen molar-refractivity contribution in [2.75, 3.05) is 0 Å². The normalized spacial score (nSPS) is 8.94. The third-order valence-electron chi connectivity index (χ3n) is 2.26. The smallest absolute Gasteiger partial charge is 0.550 e. The Hall–Kier alpha value is 0.940. The van der Waals surface area contributed by atoms with Gasteiger partial charge in [-0.1, -0.05) is 32.1 Å². The Morgan fingerprint density at radius 2 is 0.824 bits per heavy atom. The summed E-state index contributed by atoms with van der Waals surface area (Å²) < 4.78 is 0. The van der Waals surface area contributed by atoms with Crippen LogP contribution in [0.15, 0.2) is 0 Å². The minimum atomic E-state index is -0.982. The van der Waals surface area contributed by atoms with Crippen molar-refractivity contribution in [1.29, 1.82) is 0 Å². The van der Waals surface area contributed by atoms with E-state index in [1.807, 2.05) is 0 Å². The number of carboxylic acid groups (broad SMARTS) is 2. The van der Waals surface area contributed by atoms with Crippen molar-refractivity contribution in [1.82, 2.24) is 0 Å². The molecular weight excluding hydrogens is 242 g/mol. The summed E-state index contributed by atoms with van der Waals surface area (Å²) in [5.41, 5.74) is 0. The van der Waals surface area contributed by atoms with E-state index in [9.17, 15) is 19.8 Å². The van der Waals surface area contributed by atoms with Crippen molar-refractivity contribution in [3.05, 3.63) is 0 Å². The number of carbonyl (C=O) groups is 2. The molecule has 88 valence electrons. The Labute approximate surface area is 147 Å². The van der Waals surface area contributed by atoms with Gasteiger partial charge in [-0.05, 0) is 25.7 Å². The third-order valence-corrected chi connectivity index (χ3v) is 2.26. The van der Waals surface area contributed by atoms with Crippen LogP contribution < -0.4 is 69.3 Å². The minimum absolute atomic E-state index is 0. The maximum absolute atomic E-state index is 10.1. The van der Waals surface area contributed by atoms with Gasteiger partial charge in [-0.25, -0.2) is 0 Å². The first-order valence-corrected chi connectivity index (χ1v) is 5.52. The molecule has 17 heavy (non-hydrogen) atoms. The van der Waals surface area contributed by atoms with E-state index in [4.69, 9.17) is 0 Å². The minimum Gasteiger partial charge on any atom is -0.550 e. The molecule has 0 aromatic carbocycles. The molecule has 0 aromatic heterocycles. The van der Waals surface area contributed by atoms with Crippen LogP contribution in [0.1, 0.15) is 57.8 Å². The average molecular weight is 260 g/mol. The summed E-state index contributed by atoms with van der Waals surface area (Å²) in [4.78, 5) is 20.1. The molecule has 0 aliphatic heterocycles. The van der Waals surface area contributed by atoms with Gasteiger partial charge in [-0.3, -0.25) is 0 Å². The average Bonchev–Trinajstić information content (AvgIpc) is 2.14. The molecular formula is C11H18Na2O4. The molecule has 0 aromatic rings. The second-order valence-corrected chi connectivity index (χ2v) is 3.72. The van der Waals surface area contributed by atoms with E-state index in [1.165, 1.54) is 0 Å². The number of carbonyl (C=O) groups excluding carboxylic acids is 2. The summed E-state index contributed by atoms with van der Waals surface area (Å²) in [7, 11) is 0. The fourth-order valence-corrected chi connectivity index (χ4v) is 1.42. The zero-order valence-corrected chi connectivity index (χ0v) is 15.0. The first-order chi connectivity index (χ1) is 7.13. The first-order valence-electron chi connectivity index (χ1n) is 5.52. The van der Waals surface area contributed by atoms with Gasteiger partial charge in [-0.15, -0.1) is 0 Å². The molecule has 0 spiro atoms. The third kappa shape index (κ3) is 22.6. The van der Waals surface area contributed by atoms with Crippen LogP contribution in [0.25, 0.3) is 0 Å². The van der Waals surface area contributed by atoms with Gasteiger partial charge in [0.2, 0.25) is 0 Å². The van der Waals surface area contributed by atoms with Crippen LogP contribution in [0, 0.1) is 0 Å². The fraction of sp³-hybridized carbons (Fsp3) is 0.818. The number of unbranched alkanes of at least 4 members (excludes halogenated alkanes) is 6. The van der Waals surface area contributed by atoms with E-state index in [0.717, 1.165) is 32.1 Å². The summed E-state index contributed by atoms with van der Waals surface area (Å²) in [5, 5.41) is 20.1. The Morgan fingerprint density at radius 1 is 0.588 bits per heavy atom. The predicted octanol–water partition coefficient (Wildman–Crippen LogP) is -5.99. The van der Waals surface area contributed by atoms with E-state index in [2.05, 4.69) is 0 Å². The SMILES string of the molecule is O=C([O-])CCCCCCCCCC(=O)[O-].[Na+].[Na+]. The molecule has 0 saturated carbocycles. The van der Waals surface area contributed by atoms with E-state index in [0.29, 0.717) is 12.8 Å². The molecule has 6 heteroatoms. The molecule has 0 amide bonds. The molecule has 0 radical (unpaired) electrons. The molecule has 0 N–H and O–H groups in total. The standard InChI is InChI=1S/C11H20O4.2Na/c12-10(13)8-6-4-2-1-3-5-7-9-11(14)15;;/h1-9H2,(H,12,13)(H,14,15);;/q;2*+1/p-2. The second-order valence-electron chi connectivity index (χ2n) is 3.72. The Kier molecular flexibility index (Phi) is 23.0. The number of aliphatic carboxylic acids is 2. The van der Waals surface area contributed by atoms with E-state index >= 15 is 0 Å². The maximum Gasteiger partial charge on any atom is 1.00 e. The van der Waals surface area contributed by atoms with E-state index in [-0.39, 0.29) is 72.0 Å². The summed E-state index contributed by atoms with van der Waals surface area (Å²) in [6.07, 6.45) is 6.54. The van der Waals surface area contributed by atoms with Crippen LogP contribution in [0.4, 0.5) is 0 Å². The predicted molar refractivity (Wildman–Crippen MR) is 51.6 cm³/mol. The monoisotopic (exact) mass is 260 g/mol. The van der Waals surface area contributed by atoms with Gasteiger partial charge in [0, 0.05) is 11.9 Å². The molecule has 0 aliphatic rings. The molecule has 0 bridgehead atoms. The molecule has 0 atom stereocenters. The molecule has 0 aliphatic carbocycles.